The van der Waals surface area contributed by atoms with Crippen molar-refractivity contribution in [3.63, 3.8) is 0 Å². The number of aliphatic hydroxyl groups is 2. The zero-order chi connectivity index (χ0) is 24.7. The van der Waals surface area contributed by atoms with Gasteiger partial charge in [0.15, 0.2) is 11.6 Å². The lowest BCUT2D eigenvalue weighted by molar-refractivity contribution is -0.147. The van der Waals surface area contributed by atoms with Gasteiger partial charge < -0.3 is 24.4 Å². The zero-order valence-corrected chi connectivity index (χ0v) is 19.9. The molecule has 0 spiro atoms. The van der Waals surface area contributed by atoms with Gasteiger partial charge in [-0.25, -0.2) is 8.78 Å². The minimum atomic E-state index is -1.03. The Morgan fingerprint density at radius 2 is 2.09 bits per heavy atom. The maximum absolute atomic E-state index is 13.7. The first-order valence-electron chi connectivity index (χ1n) is 12.2. The molecule has 1 heterocycles. The number of rotatable bonds is 10. The SMILES string of the molecule is CC(C)OC(=O)CCCC1CC[C@H]2C(/C=C/[C@H](O)COc3cc(F)ccc3F)[C@@H](O)C[C@H]2OC1. The fraction of sp³-hybridized carbons (Fsp3) is 0.654. The summed E-state index contributed by atoms with van der Waals surface area (Å²) in [6, 6.07) is 2.90. The fourth-order valence-electron chi connectivity index (χ4n) is 4.87. The average molecular weight is 483 g/mol. The van der Waals surface area contributed by atoms with Gasteiger partial charge in [-0.2, -0.15) is 0 Å². The second-order valence-electron chi connectivity index (χ2n) is 9.63. The predicted molar refractivity (Wildman–Crippen MR) is 122 cm³/mol. The number of benzene rings is 1. The summed E-state index contributed by atoms with van der Waals surface area (Å²) in [5.74, 6) is -1.41. The lowest BCUT2D eigenvalue weighted by Crippen LogP contribution is -2.22. The van der Waals surface area contributed by atoms with E-state index >= 15 is 0 Å². The van der Waals surface area contributed by atoms with E-state index in [1.165, 1.54) is 6.08 Å². The Morgan fingerprint density at radius 3 is 2.85 bits per heavy atom. The van der Waals surface area contributed by atoms with E-state index < -0.39 is 23.8 Å². The quantitative estimate of drug-likeness (QED) is 0.385. The Labute approximate surface area is 199 Å². The molecule has 190 valence electrons. The monoisotopic (exact) mass is 482 g/mol. The van der Waals surface area contributed by atoms with E-state index in [1.807, 2.05) is 13.8 Å². The summed E-state index contributed by atoms with van der Waals surface area (Å²) in [6.45, 7) is 4.06. The zero-order valence-electron chi connectivity index (χ0n) is 19.9. The summed E-state index contributed by atoms with van der Waals surface area (Å²) in [5.41, 5.74) is 0. The van der Waals surface area contributed by atoms with Gasteiger partial charge in [0.2, 0.25) is 0 Å². The summed E-state index contributed by atoms with van der Waals surface area (Å²) < 4.78 is 43.4. The highest BCUT2D eigenvalue weighted by Crippen LogP contribution is 2.42. The first kappa shape index (κ1) is 26.6. The standard InChI is InChI=1S/C26H36F2O6/c1-16(2)34-26(31)5-3-4-17-6-9-21-20(23(30)13-24(21)32-14-17)10-8-19(29)15-33-25-12-18(27)7-11-22(25)28/h7-8,10-12,16-17,19-21,23-24,29-30H,3-6,9,13-15H2,1-2H3/b10-8+/t17?,19-,20?,21-,23-,24+/m0/s1. The van der Waals surface area contributed by atoms with Crippen molar-refractivity contribution < 1.29 is 38.0 Å². The first-order chi connectivity index (χ1) is 16.2. The second-order valence-corrected chi connectivity index (χ2v) is 9.63. The van der Waals surface area contributed by atoms with E-state index in [0.29, 0.717) is 25.4 Å². The van der Waals surface area contributed by atoms with Crippen LogP contribution in [-0.2, 0) is 14.3 Å². The maximum Gasteiger partial charge on any atom is 0.306 e. The van der Waals surface area contributed by atoms with Gasteiger partial charge in [-0.05, 0) is 63.5 Å². The molecule has 6 nitrogen and oxygen atoms in total. The van der Waals surface area contributed by atoms with Crippen molar-refractivity contribution in [2.45, 2.75) is 76.8 Å². The third-order valence-corrected chi connectivity index (χ3v) is 6.56. The van der Waals surface area contributed by atoms with Crippen molar-refractivity contribution in [3.8, 4) is 5.75 Å². The second kappa shape index (κ2) is 12.6. The molecule has 0 radical (unpaired) electrons. The van der Waals surface area contributed by atoms with E-state index in [1.54, 1.807) is 6.08 Å². The van der Waals surface area contributed by atoms with Crippen LogP contribution in [0.4, 0.5) is 8.78 Å². The lowest BCUT2D eigenvalue weighted by Gasteiger charge is -2.21. The molecule has 0 amide bonds. The highest BCUT2D eigenvalue weighted by molar-refractivity contribution is 5.69. The molecule has 1 aromatic carbocycles. The van der Waals surface area contributed by atoms with Gasteiger partial charge in [-0.15, -0.1) is 0 Å². The summed E-state index contributed by atoms with van der Waals surface area (Å²) in [6.07, 6.45) is 6.02. The Hall–Kier alpha value is -2.03. The maximum atomic E-state index is 13.7. The molecule has 2 unspecified atom stereocenters. The van der Waals surface area contributed by atoms with Crippen molar-refractivity contribution >= 4 is 5.97 Å². The van der Waals surface area contributed by atoms with Gasteiger partial charge in [0.25, 0.3) is 0 Å². The van der Waals surface area contributed by atoms with Crippen LogP contribution >= 0.6 is 0 Å². The van der Waals surface area contributed by atoms with Gasteiger partial charge in [0.1, 0.15) is 18.5 Å². The smallest absolute Gasteiger partial charge is 0.306 e. The number of esters is 1. The number of halogens is 2. The summed E-state index contributed by atoms with van der Waals surface area (Å²) in [5, 5.41) is 20.8. The van der Waals surface area contributed by atoms with E-state index in [9.17, 15) is 23.8 Å². The number of carbonyl (C=O) groups is 1. The van der Waals surface area contributed by atoms with Gasteiger partial charge >= 0.3 is 5.97 Å². The minimum Gasteiger partial charge on any atom is -0.487 e. The molecule has 6 atom stereocenters. The highest BCUT2D eigenvalue weighted by Gasteiger charge is 2.43. The number of fused-ring (bicyclic) bond motifs is 1. The Morgan fingerprint density at radius 1 is 1.29 bits per heavy atom. The molecule has 3 rings (SSSR count). The van der Waals surface area contributed by atoms with Crippen LogP contribution < -0.4 is 4.74 Å². The predicted octanol–water partition coefficient (Wildman–Crippen LogP) is 4.17. The number of ether oxygens (including phenoxy) is 3. The van der Waals surface area contributed by atoms with Crippen LogP contribution in [0.25, 0.3) is 0 Å². The van der Waals surface area contributed by atoms with Crippen molar-refractivity contribution in [2.75, 3.05) is 13.2 Å². The molecule has 1 aromatic rings. The Bertz CT molecular complexity index is 830. The minimum absolute atomic E-state index is 0.0460. The Balaban J connectivity index is 1.47. The van der Waals surface area contributed by atoms with Crippen LogP contribution in [0.2, 0.25) is 0 Å². The van der Waals surface area contributed by atoms with Crippen molar-refractivity contribution in [1.29, 1.82) is 0 Å². The molecule has 1 saturated heterocycles. The number of hydrogen-bond donors (Lipinski definition) is 2. The largest absolute Gasteiger partial charge is 0.487 e. The molecule has 8 heteroatoms. The summed E-state index contributed by atoms with van der Waals surface area (Å²) >= 11 is 0. The summed E-state index contributed by atoms with van der Waals surface area (Å²) in [4.78, 5) is 11.7. The molecule has 2 fully saturated rings. The van der Waals surface area contributed by atoms with Crippen molar-refractivity contribution in [3.05, 3.63) is 42.0 Å². The van der Waals surface area contributed by atoms with E-state index in [-0.39, 0.29) is 42.4 Å². The number of carbonyl (C=O) groups excluding carboxylic acids is 1. The van der Waals surface area contributed by atoms with Crippen LogP contribution in [0, 0.1) is 29.4 Å². The molecule has 2 aliphatic rings. The van der Waals surface area contributed by atoms with E-state index in [0.717, 1.165) is 43.9 Å². The Kier molecular flexibility index (Phi) is 9.85. The normalized spacial score (nSPS) is 28.0. The average Bonchev–Trinajstić information content (AvgIpc) is 2.94. The molecule has 1 saturated carbocycles. The lowest BCUT2D eigenvalue weighted by atomic mass is 9.86. The fourth-order valence-corrected chi connectivity index (χ4v) is 4.87. The molecular weight excluding hydrogens is 446 g/mol. The van der Waals surface area contributed by atoms with Crippen LogP contribution in [0.15, 0.2) is 30.4 Å². The molecule has 1 aliphatic heterocycles. The van der Waals surface area contributed by atoms with E-state index in [4.69, 9.17) is 14.2 Å². The first-order valence-corrected chi connectivity index (χ1v) is 12.2. The third-order valence-electron chi connectivity index (χ3n) is 6.56. The van der Waals surface area contributed by atoms with Gasteiger partial charge in [0, 0.05) is 31.4 Å². The summed E-state index contributed by atoms with van der Waals surface area (Å²) in [7, 11) is 0. The molecule has 2 N–H and O–H groups in total. The number of aliphatic hydroxyl groups excluding tert-OH is 2. The highest BCUT2D eigenvalue weighted by atomic mass is 19.1. The van der Waals surface area contributed by atoms with E-state index in [2.05, 4.69) is 0 Å². The molecule has 0 aromatic heterocycles. The van der Waals surface area contributed by atoms with Gasteiger partial charge in [0.05, 0.1) is 18.3 Å². The molecule has 0 bridgehead atoms. The van der Waals surface area contributed by atoms with Gasteiger partial charge in [-0.3, -0.25) is 4.79 Å². The molecule has 1 aliphatic carbocycles. The third kappa shape index (κ3) is 7.75. The number of hydrogen-bond acceptors (Lipinski definition) is 6. The van der Waals surface area contributed by atoms with Crippen molar-refractivity contribution in [2.24, 2.45) is 17.8 Å². The van der Waals surface area contributed by atoms with Crippen LogP contribution in [0.5, 0.6) is 5.75 Å². The molecular formula is C26H36F2O6. The van der Waals surface area contributed by atoms with Crippen LogP contribution in [0.3, 0.4) is 0 Å². The molecule has 34 heavy (non-hydrogen) atoms. The van der Waals surface area contributed by atoms with Crippen LogP contribution in [0.1, 0.15) is 52.4 Å². The van der Waals surface area contributed by atoms with Gasteiger partial charge in [-0.1, -0.05) is 12.2 Å². The van der Waals surface area contributed by atoms with Crippen molar-refractivity contribution in [1.82, 2.24) is 0 Å². The van der Waals surface area contributed by atoms with Crippen LogP contribution in [-0.4, -0.2) is 53.8 Å². The topological polar surface area (TPSA) is 85.2 Å².